The van der Waals surface area contributed by atoms with Gasteiger partial charge >= 0.3 is 5.97 Å². The van der Waals surface area contributed by atoms with Gasteiger partial charge < -0.3 is 15.0 Å². The molecule has 1 aromatic heterocycles. The largest absolute Gasteiger partial charge is 0.462 e. The number of nitrogens with one attached hydrogen (secondary N) is 3. The van der Waals surface area contributed by atoms with E-state index in [1.165, 1.54) is 31.4 Å². The fourth-order valence-corrected chi connectivity index (χ4v) is 7.00. The van der Waals surface area contributed by atoms with Crippen molar-refractivity contribution in [3.8, 4) is 0 Å². The molecular weight excluding hydrogens is 454 g/mol. The lowest BCUT2D eigenvalue weighted by Crippen LogP contribution is -2.40. The van der Waals surface area contributed by atoms with Gasteiger partial charge in [0.15, 0.2) is 0 Å². The van der Waals surface area contributed by atoms with Crippen molar-refractivity contribution in [1.29, 1.82) is 0 Å². The van der Waals surface area contributed by atoms with E-state index < -0.39 is 21.9 Å². The molecule has 3 N–H and O–H groups in total. The molecule has 2 aliphatic carbocycles. The molecule has 4 atom stereocenters. The third-order valence-corrected chi connectivity index (χ3v) is 8.92. The summed E-state index contributed by atoms with van der Waals surface area (Å²) < 4.78 is 33.8. The molecule has 2 aliphatic rings. The first-order valence-electron chi connectivity index (χ1n) is 11.9. The average molecular weight is 488 g/mol. The van der Waals surface area contributed by atoms with Crippen LogP contribution < -0.4 is 10.0 Å². The maximum Gasteiger partial charge on any atom is 0.340 e. The Morgan fingerprint density at radius 3 is 2.44 bits per heavy atom. The zero-order valence-corrected chi connectivity index (χ0v) is 20.9. The van der Waals surface area contributed by atoms with Crippen LogP contribution in [0.3, 0.4) is 0 Å². The molecule has 1 amide bonds. The highest BCUT2D eigenvalue weighted by molar-refractivity contribution is 7.89. The highest BCUT2D eigenvalue weighted by atomic mass is 32.2. The van der Waals surface area contributed by atoms with Gasteiger partial charge in [0.1, 0.15) is 5.69 Å². The summed E-state index contributed by atoms with van der Waals surface area (Å²) in [6.45, 7) is 7.32. The van der Waals surface area contributed by atoms with Gasteiger partial charge in [-0.15, -0.1) is 0 Å². The van der Waals surface area contributed by atoms with Crippen molar-refractivity contribution in [3.63, 3.8) is 0 Å². The third kappa shape index (κ3) is 4.77. The van der Waals surface area contributed by atoms with E-state index in [0.29, 0.717) is 34.3 Å². The number of amides is 1. The minimum absolute atomic E-state index is 0.104. The molecule has 2 fully saturated rings. The van der Waals surface area contributed by atoms with Crippen molar-refractivity contribution in [2.45, 2.75) is 64.3 Å². The van der Waals surface area contributed by atoms with E-state index in [0.717, 1.165) is 12.3 Å². The number of ether oxygens (including phenoxy) is 1. The number of carbonyl (C=O) groups excluding carboxylic acids is 2. The number of rotatable bonds is 8. The lowest BCUT2D eigenvalue weighted by atomic mass is 9.84. The van der Waals surface area contributed by atoms with E-state index in [4.69, 9.17) is 4.74 Å². The number of hydrogen-bond acceptors (Lipinski definition) is 5. The number of carbonyl (C=O) groups is 2. The van der Waals surface area contributed by atoms with Crippen molar-refractivity contribution in [2.75, 3.05) is 11.9 Å². The fraction of sp³-hybridized carbons (Fsp3) is 0.520. The van der Waals surface area contributed by atoms with Gasteiger partial charge in [-0.25, -0.2) is 17.9 Å². The second kappa shape index (κ2) is 9.54. The van der Waals surface area contributed by atoms with Crippen molar-refractivity contribution in [2.24, 2.45) is 17.8 Å². The number of H-pyrrole nitrogens is 1. The SMILES string of the molecule is CCOC(=O)c1c(C)[nH]c(C(=O)Nc2ccc(S(=O)(=O)NC(C)C3CC4CCC3C4)cc2)c1C. The van der Waals surface area contributed by atoms with E-state index in [1.54, 1.807) is 32.9 Å². The number of esters is 1. The van der Waals surface area contributed by atoms with Crippen LogP contribution in [-0.4, -0.2) is 37.9 Å². The number of benzene rings is 1. The summed E-state index contributed by atoms with van der Waals surface area (Å²) in [5, 5.41) is 2.76. The Labute approximate surface area is 200 Å². The molecule has 0 spiro atoms. The molecule has 2 aromatic rings. The van der Waals surface area contributed by atoms with Crippen LogP contribution in [0, 0.1) is 31.6 Å². The number of hydrogen-bond donors (Lipinski definition) is 3. The molecule has 0 aliphatic heterocycles. The third-order valence-electron chi connectivity index (χ3n) is 7.34. The molecule has 184 valence electrons. The topological polar surface area (TPSA) is 117 Å². The normalized spacial score (nSPS) is 22.5. The fourth-order valence-electron chi connectivity index (χ4n) is 5.70. The summed E-state index contributed by atoms with van der Waals surface area (Å²) >= 11 is 0. The summed E-state index contributed by atoms with van der Waals surface area (Å²) in [6.07, 6.45) is 4.82. The van der Waals surface area contributed by atoms with Gasteiger partial charge in [-0.2, -0.15) is 0 Å². The summed E-state index contributed by atoms with van der Waals surface area (Å²) in [5.74, 6) is 0.887. The molecule has 8 nitrogen and oxygen atoms in total. The summed E-state index contributed by atoms with van der Waals surface area (Å²) in [7, 11) is -3.66. The maximum atomic E-state index is 12.9. The first kappa shape index (κ1) is 24.5. The van der Waals surface area contributed by atoms with Gasteiger partial charge in [-0.3, -0.25) is 4.79 Å². The highest BCUT2D eigenvalue weighted by Gasteiger charge is 2.42. The van der Waals surface area contributed by atoms with Gasteiger partial charge in [0.25, 0.3) is 5.91 Å². The van der Waals surface area contributed by atoms with E-state index >= 15 is 0 Å². The number of aromatic amines is 1. The summed E-state index contributed by atoms with van der Waals surface area (Å²) in [5.41, 5.74) is 2.13. The Morgan fingerprint density at radius 2 is 1.85 bits per heavy atom. The Morgan fingerprint density at radius 1 is 1.15 bits per heavy atom. The predicted molar refractivity (Wildman–Crippen MR) is 129 cm³/mol. The summed E-state index contributed by atoms with van der Waals surface area (Å²) in [4.78, 5) is 28.1. The monoisotopic (exact) mass is 487 g/mol. The van der Waals surface area contributed by atoms with Crippen LogP contribution in [0.4, 0.5) is 5.69 Å². The number of fused-ring (bicyclic) bond motifs is 2. The van der Waals surface area contributed by atoms with Gasteiger partial charge in [0.05, 0.1) is 17.1 Å². The number of anilines is 1. The number of aromatic nitrogens is 1. The van der Waals surface area contributed by atoms with Crippen molar-refractivity contribution in [3.05, 3.63) is 46.8 Å². The first-order valence-corrected chi connectivity index (χ1v) is 13.4. The molecule has 2 saturated carbocycles. The van der Waals surface area contributed by atoms with E-state index in [1.807, 2.05) is 6.92 Å². The molecule has 0 saturated heterocycles. The minimum Gasteiger partial charge on any atom is -0.462 e. The Hall–Kier alpha value is -2.65. The molecule has 2 bridgehead atoms. The maximum absolute atomic E-state index is 12.9. The van der Waals surface area contributed by atoms with Crippen molar-refractivity contribution < 1.29 is 22.7 Å². The zero-order valence-electron chi connectivity index (χ0n) is 20.1. The van der Waals surface area contributed by atoms with Crippen LogP contribution in [0.25, 0.3) is 0 Å². The number of aryl methyl sites for hydroxylation is 1. The number of sulfonamides is 1. The quantitative estimate of drug-likeness (QED) is 0.483. The molecule has 4 unspecified atom stereocenters. The van der Waals surface area contributed by atoms with E-state index in [2.05, 4.69) is 15.0 Å². The van der Waals surface area contributed by atoms with Gasteiger partial charge in [-0.05, 0) is 94.5 Å². The lowest BCUT2D eigenvalue weighted by molar-refractivity contribution is 0.0525. The molecule has 34 heavy (non-hydrogen) atoms. The predicted octanol–water partition coefficient (Wildman–Crippen LogP) is 4.16. The smallest absolute Gasteiger partial charge is 0.340 e. The van der Waals surface area contributed by atoms with Crippen LogP contribution >= 0.6 is 0 Å². The standard InChI is InChI=1S/C25H33N3O5S/c1-5-33-25(30)22-14(2)23(26-16(22)4)24(29)27-19-8-10-20(11-9-19)34(31,32)28-15(3)21-13-17-6-7-18(21)12-17/h8-11,15,17-18,21,26,28H,5-7,12-13H2,1-4H3,(H,27,29). The van der Waals surface area contributed by atoms with Crippen molar-refractivity contribution >= 4 is 27.6 Å². The molecular formula is C25H33N3O5S. The second-order valence-electron chi connectivity index (χ2n) is 9.57. The van der Waals surface area contributed by atoms with E-state index in [-0.39, 0.29) is 23.2 Å². The van der Waals surface area contributed by atoms with Crippen LogP contribution in [-0.2, 0) is 14.8 Å². The van der Waals surface area contributed by atoms with Crippen LogP contribution in [0.5, 0.6) is 0 Å². The molecule has 0 radical (unpaired) electrons. The Kier molecular flexibility index (Phi) is 6.87. The van der Waals surface area contributed by atoms with Gasteiger partial charge in [0.2, 0.25) is 10.0 Å². The van der Waals surface area contributed by atoms with Crippen molar-refractivity contribution in [1.82, 2.24) is 9.71 Å². The van der Waals surface area contributed by atoms with Crippen LogP contribution in [0.2, 0.25) is 0 Å². The van der Waals surface area contributed by atoms with Crippen LogP contribution in [0.15, 0.2) is 29.2 Å². The minimum atomic E-state index is -3.66. The molecule has 9 heteroatoms. The van der Waals surface area contributed by atoms with Gasteiger partial charge in [-0.1, -0.05) is 6.42 Å². The Balaban J connectivity index is 1.42. The van der Waals surface area contributed by atoms with E-state index in [9.17, 15) is 18.0 Å². The molecule has 1 heterocycles. The second-order valence-corrected chi connectivity index (χ2v) is 11.3. The summed E-state index contributed by atoms with van der Waals surface area (Å²) in [6, 6.07) is 6.00. The molecule has 4 rings (SSSR count). The highest BCUT2D eigenvalue weighted by Crippen LogP contribution is 2.49. The van der Waals surface area contributed by atoms with Gasteiger partial charge in [0, 0.05) is 17.4 Å². The lowest BCUT2D eigenvalue weighted by Gasteiger charge is -2.28. The van der Waals surface area contributed by atoms with Crippen LogP contribution in [0.1, 0.15) is 71.6 Å². The molecule has 1 aromatic carbocycles. The Bertz CT molecular complexity index is 1190. The average Bonchev–Trinajstić information content (AvgIpc) is 3.48. The zero-order chi connectivity index (χ0) is 24.6. The first-order chi connectivity index (χ1) is 16.1.